The van der Waals surface area contributed by atoms with Crippen molar-refractivity contribution in [3.63, 3.8) is 0 Å². The molecule has 4 unspecified atom stereocenters. The number of ether oxygens (including phenoxy) is 8. The highest BCUT2D eigenvalue weighted by molar-refractivity contribution is 5.84. The van der Waals surface area contributed by atoms with Crippen molar-refractivity contribution in [2.24, 2.45) is 79.8 Å². The molecule has 6 aromatic carbocycles. The van der Waals surface area contributed by atoms with E-state index in [2.05, 4.69) is 147 Å². The Kier molecular flexibility index (Phi) is 28.3. The van der Waals surface area contributed by atoms with Crippen LogP contribution in [0.2, 0.25) is 0 Å². The summed E-state index contributed by atoms with van der Waals surface area (Å²) < 4.78 is 48.4. The van der Waals surface area contributed by atoms with Gasteiger partial charge in [-0.2, -0.15) is 0 Å². The van der Waals surface area contributed by atoms with Crippen LogP contribution >= 0.6 is 0 Å². The van der Waals surface area contributed by atoms with Gasteiger partial charge in [-0.15, -0.1) is 0 Å². The average molecular weight is 1870 g/mol. The molecule has 0 aliphatic heterocycles. The number of hydrogen-bond donors (Lipinski definition) is 6. The number of esters is 5. The second-order valence-electron chi connectivity index (χ2n) is 43.4. The molecule has 22 heteroatoms. The summed E-state index contributed by atoms with van der Waals surface area (Å²) in [6.45, 7) is 39.8. The first-order valence-electron chi connectivity index (χ1n) is 49.6. The van der Waals surface area contributed by atoms with Crippen LogP contribution in [0.3, 0.4) is 0 Å². The molecule has 22 nitrogen and oxygen atoms in total. The van der Waals surface area contributed by atoms with E-state index < -0.39 is 149 Å². The lowest BCUT2D eigenvalue weighted by Gasteiger charge is -2.62. The van der Waals surface area contributed by atoms with Gasteiger partial charge in [0.15, 0.2) is 0 Å². The Morgan fingerprint density at radius 1 is 0.401 bits per heavy atom. The normalized spacial score (nSPS) is 28.4. The van der Waals surface area contributed by atoms with Gasteiger partial charge >= 0.3 is 48.1 Å². The lowest BCUT2D eigenvalue weighted by Crippen LogP contribution is -2.64. The highest BCUT2D eigenvalue weighted by Crippen LogP contribution is 2.71. The third-order valence-electron chi connectivity index (χ3n) is 34.3. The summed E-state index contributed by atoms with van der Waals surface area (Å²) >= 11 is 0. The van der Waals surface area contributed by atoms with Gasteiger partial charge in [0.25, 0.3) is 0 Å². The number of hydrogen-bond acceptors (Lipinski definition) is 19. The fourth-order valence-electron chi connectivity index (χ4n) is 27.5. The summed E-state index contributed by atoms with van der Waals surface area (Å²) in [6.07, 6.45) is 2.72. The Bertz CT molecular complexity index is 5710. The smallest absolute Gasteiger partial charge is 0.407 e. The largest absolute Gasteiger partial charge is 0.458 e. The van der Waals surface area contributed by atoms with E-state index in [0.29, 0.717) is 30.6 Å². The van der Waals surface area contributed by atoms with Gasteiger partial charge in [-0.05, 0) is 241 Å². The molecule has 3 amide bonds. The molecule has 2 fully saturated rings. The molecule has 6 N–H and O–H groups in total. The molecule has 0 radical (unpaired) electrons. The average Bonchev–Trinajstić information content (AvgIpc) is 1.63. The molecule has 11 aliphatic rings. The Morgan fingerprint density at radius 3 is 1.02 bits per heavy atom. The maximum absolute atomic E-state index is 14.2. The molecule has 0 aromatic heterocycles. The molecular weight excluding hydrogens is 1730 g/mol. The number of allylic oxidation sites excluding steroid dienone is 6. The van der Waals surface area contributed by atoms with Crippen molar-refractivity contribution >= 4 is 48.1 Å². The number of alkyl carbamates (subject to hydrolysis) is 3. The van der Waals surface area contributed by atoms with Gasteiger partial charge < -0.3 is 69.2 Å². The first-order valence-corrected chi connectivity index (χ1v) is 49.6. The second-order valence-corrected chi connectivity index (χ2v) is 43.4. The Balaban J connectivity index is 0.000000208. The van der Waals surface area contributed by atoms with Crippen LogP contribution in [0.15, 0.2) is 215 Å². The van der Waals surface area contributed by atoms with E-state index in [-0.39, 0.29) is 80.0 Å². The van der Waals surface area contributed by atoms with Crippen LogP contribution in [0.4, 0.5) is 14.4 Å². The molecule has 0 heterocycles. The molecule has 0 bridgehead atoms. The van der Waals surface area contributed by atoms with Crippen molar-refractivity contribution in [3.8, 4) is 33.4 Å². The Morgan fingerprint density at radius 2 is 0.701 bits per heavy atom. The number of fused-ring (bicyclic) bond motifs is 17. The Labute approximate surface area is 807 Å². The van der Waals surface area contributed by atoms with E-state index in [9.17, 15) is 53.7 Å². The van der Waals surface area contributed by atoms with E-state index in [1.807, 2.05) is 137 Å². The van der Waals surface area contributed by atoms with Gasteiger partial charge in [-0.25, -0.2) is 14.4 Å². The number of carbonyl (C=O) groups excluding carboxylic acids is 8. The molecule has 17 rings (SSSR count). The zero-order valence-corrected chi connectivity index (χ0v) is 82.5. The SMILES string of the molecule is C=C(CC[C@@H](C)[C@H]1CC=C2C3=C([C@@H](O)[C@H](OC(C)=O)C21C)C1(C)C[C@@H](OC(=O)CNC(=O)OCC2c4ccccc4-c4ccccc42)[C@H](O)C(C)(C)[C@@H]1CC3)C(C)C.C=C(CC[C@@H](C)[C@H]1CC=C2C3=C([C@@H](O)[C@H](OC(C)=O)C21C)C1(C)C[C@@H](OC(=O)CNC(=O)OCC2c4ccccc4-c4ccccc42)[C@H](OC(=O)CNC(=O)OCC2c4ccccc4-c4ccccc42)C(C)(C)[C@@H]1CC3)C(C)C. The number of rotatable bonds is 27. The standard InChI is InChI=1S/C66H76N2O11.C49H63NO8/c1-37(2)38(3)26-27-39(4)52-29-30-53-49-28-31-55-64(6,7)60(79-57(71)34-68-63(74)76-36-51-47-24-16-12-20-43(47)44-21-13-17-25-48(44)51)54(32-65(55,8)58(49)59(72)61(66(52,53)9)77-40(5)69)78-56(70)33-67-62(73)75-35-50-45-22-14-10-18-41(45)42-19-11-15-23-46(42)50;1-27(2)28(3)18-19-29(4)37-21-22-38-35-20-23-40-47(6,7)44(54)39(24-48(40,8)42(35)43(53)45(49(37,38)9)57-30(5)51)58-41(52)25-50-46(55)56-26-36-33-16-12-10-14-31(33)32-15-11-13-17-34(32)36/h10-25,30,37,39,50-52,54-55,59-61,72H,3,26-29,31-36H2,1-2,4-9H3,(H,67,73)(H,68,74);10-17,22,27,29,36-37,39-40,43-45,53-54H,3,18-21,23-26H2,1-2,4-9H3,(H,50,55)/t39-,52-,54-,55+,59-,60+,61+,65?,66?;29-,37-,39-,40+,43-,44+,45+,48?,49?/m11/s1. The summed E-state index contributed by atoms with van der Waals surface area (Å²) in [5.74, 6) is -2.43. The fraction of sp³-hybridized carbons (Fsp3) is 0.513. The number of benzene rings is 6. The maximum atomic E-state index is 14.2. The minimum Gasteiger partial charge on any atom is -0.458 e. The van der Waals surface area contributed by atoms with Crippen molar-refractivity contribution in [1.82, 2.24) is 16.0 Å². The number of aliphatic hydroxyl groups excluding tert-OH is 3. The van der Waals surface area contributed by atoms with Crippen LogP contribution in [0.1, 0.15) is 239 Å². The van der Waals surface area contributed by atoms with Gasteiger partial charge in [0.1, 0.15) is 82.2 Å². The van der Waals surface area contributed by atoms with E-state index in [4.69, 9.17) is 37.9 Å². The van der Waals surface area contributed by atoms with Crippen LogP contribution in [0.5, 0.6) is 0 Å². The summed E-state index contributed by atoms with van der Waals surface area (Å²) in [7, 11) is 0. The van der Waals surface area contributed by atoms with Crippen molar-refractivity contribution in [1.29, 1.82) is 0 Å². The third-order valence-corrected chi connectivity index (χ3v) is 34.3. The minimum absolute atomic E-state index is 0.0463. The van der Waals surface area contributed by atoms with Crippen molar-refractivity contribution in [2.45, 2.75) is 254 Å². The summed E-state index contributed by atoms with van der Waals surface area (Å²) in [6, 6.07) is 48.3. The summed E-state index contributed by atoms with van der Waals surface area (Å²) in [5.41, 5.74) is 16.9. The van der Waals surface area contributed by atoms with E-state index >= 15 is 0 Å². The number of aliphatic hydroxyl groups is 3. The monoisotopic (exact) mass is 1870 g/mol. The van der Waals surface area contributed by atoms with Crippen LogP contribution in [0, 0.1) is 79.8 Å². The molecule has 6 aromatic rings. The topological polar surface area (TPSA) is 307 Å². The zero-order valence-electron chi connectivity index (χ0n) is 82.5. The summed E-state index contributed by atoms with van der Waals surface area (Å²) in [4.78, 5) is 107. The van der Waals surface area contributed by atoms with Crippen molar-refractivity contribution in [3.05, 3.63) is 249 Å². The molecule has 0 saturated heterocycles. The van der Waals surface area contributed by atoms with Gasteiger partial charge in [0, 0.05) is 47.8 Å². The highest BCUT2D eigenvalue weighted by Gasteiger charge is 2.69. The Hall–Kier alpha value is -11.2. The first-order chi connectivity index (χ1) is 65.1. The van der Waals surface area contributed by atoms with Crippen LogP contribution in [-0.2, 0) is 61.9 Å². The molecule has 728 valence electrons. The predicted octanol–water partition coefficient (Wildman–Crippen LogP) is 20.7. The third kappa shape index (κ3) is 18.3. The molecule has 0 spiro atoms. The first kappa shape index (κ1) is 98.8. The van der Waals surface area contributed by atoms with Crippen molar-refractivity contribution < 1.29 is 91.6 Å². The summed E-state index contributed by atoms with van der Waals surface area (Å²) in [5, 5.41) is 45.2. The lowest BCUT2D eigenvalue weighted by molar-refractivity contribution is -0.208. The maximum Gasteiger partial charge on any atom is 0.407 e. The van der Waals surface area contributed by atoms with Crippen LogP contribution in [-0.4, -0.2) is 152 Å². The lowest BCUT2D eigenvalue weighted by atomic mass is 9.45. The number of carbonyl (C=O) groups is 8. The fourth-order valence-corrected chi connectivity index (χ4v) is 27.5. The molecule has 137 heavy (non-hydrogen) atoms. The van der Waals surface area contributed by atoms with E-state index in [0.717, 1.165) is 152 Å². The van der Waals surface area contributed by atoms with Crippen molar-refractivity contribution in [2.75, 3.05) is 39.5 Å². The van der Waals surface area contributed by atoms with Gasteiger partial charge in [-0.1, -0.05) is 279 Å². The minimum atomic E-state index is -1.20. The molecular formula is C115H139N3O19. The molecule has 11 aliphatic carbocycles. The van der Waals surface area contributed by atoms with E-state index in [1.54, 1.807) is 0 Å². The highest BCUT2D eigenvalue weighted by atomic mass is 16.6. The van der Waals surface area contributed by atoms with Gasteiger partial charge in [0.05, 0.1) is 6.10 Å². The molecule has 18 atom stereocenters. The number of nitrogens with one attached hydrogen (secondary N) is 3. The van der Waals surface area contributed by atoms with Gasteiger partial charge in [0.2, 0.25) is 0 Å². The predicted molar refractivity (Wildman–Crippen MR) is 524 cm³/mol. The second kappa shape index (κ2) is 39.2. The van der Waals surface area contributed by atoms with Crippen LogP contribution in [0.25, 0.3) is 33.4 Å². The zero-order chi connectivity index (χ0) is 98.0. The number of amides is 3. The quantitative estimate of drug-likeness (QED) is 0.0159. The van der Waals surface area contributed by atoms with E-state index in [1.165, 1.54) is 25.0 Å². The molecule has 2 saturated carbocycles. The van der Waals surface area contributed by atoms with Crippen LogP contribution < -0.4 is 16.0 Å². The van der Waals surface area contributed by atoms with Gasteiger partial charge in [-0.3, -0.25) is 24.0 Å².